The molecule has 0 radical (unpaired) electrons. The molecule has 0 spiro atoms. The molecule has 1 unspecified atom stereocenters. The van der Waals surface area contributed by atoms with Crippen LogP contribution in [0.5, 0.6) is 0 Å². The molecule has 0 aliphatic carbocycles. The Kier molecular flexibility index (Phi) is 8.02. The van der Waals surface area contributed by atoms with Gasteiger partial charge in [0.15, 0.2) is 0 Å². The number of hydrogen-bond donors (Lipinski definition) is 3. The van der Waals surface area contributed by atoms with Crippen LogP contribution in [0.3, 0.4) is 0 Å². The minimum atomic E-state index is -1.16. The Morgan fingerprint density at radius 2 is 1.80 bits per heavy atom. The second kappa shape index (κ2) is 10.3. The summed E-state index contributed by atoms with van der Waals surface area (Å²) < 4.78 is 13.4. The van der Waals surface area contributed by atoms with Crippen molar-refractivity contribution < 1.29 is 24.5 Å². The summed E-state index contributed by atoms with van der Waals surface area (Å²) in [7, 11) is 3.66. The lowest BCUT2D eigenvalue weighted by molar-refractivity contribution is -0.139. The molecule has 1 aromatic carbocycles. The molecule has 2 aromatic rings. The molecule has 162 valence electrons. The standard InChI is InChI=1S/C22H28FN3O4/c1-13(2)20-18(10-9-16(27)11-17(28)12-19(29)30)21(25-22(24-20)26(3)4)14-5-7-15(23)8-6-14/h5-10,13,16-17,27-28H,11-12H2,1-4H3,(H,29,30)/b10-9+/t16-,17?/m1/s1. The molecule has 0 bridgehead atoms. The van der Waals surface area contributed by atoms with Crippen molar-refractivity contribution in [2.45, 2.75) is 44.8 Å². The minimum absolute atomic E-state index is 0.0419. The molecule has 0 aliphatic heterocycles. The number of benzene rings is 1. The summed E-state index contributed by atoms with van der Waals surface area (Å²) in [6.07, 6.45) is 0.403. The van der Waals surface area contributed by atoms with Gasteiger partial charge < -0.3 is 20.2 Å². The van der Waals surface area contributed by atoms with Crippen molar-refractivity contribution >= 4 is 18.0 Å². The van der Waals surface area contributed by atoms with E-state index in [2.05, 4.69) is 9.97 Å². The molecular formula is C22H28FN3O4. The number of aliphatic hydroxyl groups is 2. The maximum absolute atomic E-state index is 13.4. The van der Waals surface area contributed by atoms with E-state index in [1.807, 2.05) is 27.9 Å². The zero-order valence-electron chi connectivity index (χ0n) is 17.6. The van der Waals surface area contributed by atoms with Gasteiger partial charge >= 0.3 is 5.97 Å². The average molecular weight is 417 g/mol. The van der Waals surface area contributed by atoms with E-state index in [1.54, 1.807) is 23.1 Å². The van der Waals surface area contributed by atoms with Gasteiger partial charge in [0.2, 0.25) is 5.95 Å². The lowest BCUT2D eigenvalue weighted by Gasteiger charge is -2.19. The monoisotopic (exact) mass is 417 g/mol. The van der Waals surface area contributed by atoms with Gasteiger partial charge in [0.1, 0.15) is 5.82 Å². The minimum Gasteiger partial charge on any atom is -0.481 e. The van der Waals surface area contributed by atoms with Gasteiger partial charge in [0.25, 0.3) is 0 Å². The number of aliphatic carboxylic acids is 1. The van der Waals surface area contributed by atoms with Gasteiger partial charge in [-0.05, 0) is 30.2 Å². The molecule has 1 heterocycles. The number of nitrogens with zero attached hydrogens (tertiary/aromatic N) is 3. The molecule has 8 heteroatoms. The number of aromatic nitrogens is 2. The van der Waals surface area contributed by atoms with E-state index < -0.39 is 24.6 Å². The highest BCUT2D eigenvalue weighted by Gasteiger charge is 2.19. The van der Waals surface area contributed by atoms with Gasteiger partial charge in [0.05, 0.1) is 30.0 Å². The smallest absolute Gasteiger partial charge is 0.305 e. The van der Waals surface area contributed by atoms with Crippen molar-refractivity contribution in [3.05, 3.63) is 47.4 Å². The number of carbonyl (C=O) groups is 1. The molecule has 1 aromatic heterocycles. The summed E-state index contributed by atoms with van der Waals surface area (Å²) in [4.78, 5) is 21.7. The zero-order chi connectivity index (χ0) is 22.4. The Morgan fingerprint density at radius 3 is 2.33 bits per heavy atom. The van der Waals surface area contributed by atoms with E-state index in [9.17, 15) is 19.4 Å². The van der Waals surface area contributed by atoms with E-state index in [1.165, 1.54) is 18.2 Å². The van der Waals surface area contributed by atoms with Crippen LogP contribution in [0, 0.1) is 5.82 Å². The van der Waals surface area contributed by atoms with Crippen molar-refractivity contribution in [1.29, 1.82) is 0 Å². The summed E-state index contributed by atoms with van der Waals surface area (Å²) in [5.41, 5.74) is 2.72. The Hall–Kier alpha value is -2.84. The Labute approximate surface area is 175 Å². The van der Waals surface area contributed by atoms with Crippen molar-refractivity contribution in [2.24, 2.45) is 0 Å². The van der Waals surface area contributed by atoms with Crippen LogP contribution in [0.15, 0.2) is 30.3 Å². The number of aliphatic hydroxyl groups excluding tert-OH is 2. The fraction of sp³-hybridized carbons (Fsp3) is 0.409. The molecule has 0 amide bonds. The first-order valence-corrected chi connectivity index (χ1v) is 9.69. The van der Waals surface area contributed by atoms with Gasteiger partial charge in [0, 0.05) is 31.6 Å². The van der Waals surface area contributed by atoms with Crippen LogP contribution < -0.4 is 4.90 Å². The van der Waals surface area contributed by atoms with Crippen molar-refractivity contribution in [2.75, 3.05) is 19.0 Å². The summed E-state index contributed by atoms with van der Waals surface area (Å²) in [5.74, 6) is -0.940. The van der Waals surface area contributed by atoms with Gasteiger partial charge in [-0.25, -0.2) is 14.4 Å². The van der Waals surface area contributed by atoms with E-state index >= 15 is 0 Å². The summed E-state index contributed by atoms with van der Waals surface area (Å²) >= 11 is 0. The summed E-state index contributed by atoms with van der Waals surface area (Å²) in [6.45, 7) is 3.97. The molecule has 7 nitrogen and oxygen atoms in total. The topological polar surface area (TPSA) is 107 Å². The van der Waals surface area contributed by atoms with Crippen molar-refractivity contribution in [1.82, 2.24) is 9.97 Å². The SMILES string of the molecule is CC(C)c1nc(N(C)C)nc(-c2ccc(F)cc2)c1/C=C/[C@@H](O)CC(O)CC(=O)O. The normalized spacial score (nSPS) is 13.6. The van der Waals surface area contributed by atoms with Crippen LogP contribution in [0.1, 0.15) is 43.9 Å². The molecule has 30 heavy (non-hydrogen) atoms. The Balaban J connectivity index is 2.49. The Bertz CT molecular complexity index is 898. The first-order valence-electron chi connectivity index (χ1n) is 9.69. The van der Waals surface area contributed by atoms with Gasteiger partial charge in [-0.15, -0.1) is 0 Å². The van der Waals surface area contributed by atoms with Crippen LogP contribution in [0.2, 0.25) is 0 Å². The van der Waals surface area contributed by atoms with Gasteiger partial charge in [-0.1, -0.05) is 26.0 Å². The quantitative estimate of drug-likeness (QED) is 0.576. The van der Waals surface area contributed by atoms with Crippen LogP contribution in [-0.4, -0.2) is 57.6 Å². The molecule has 0 saturated carbocycles. The number of carboxylic acids is 1. The molecule has 0 aliphatic rings. The molecule has 0 fully saturated rings. The van der Waals surface area contributed by atoms with E-state index in [0.29, 0.717) is 22.8 Å². The Morgan fingerprint density at radius 1 is 1.17 bits per heavy atom. The molecule has 3 N–H and O–H groups in total. The van der Waals surface area contributed by atoms with Crippen LogP contribution in [0.4, 0.5) is 10.3 Å². The largest absolute Gasteiger partial charge is 0.481 e. The maximum Gasteiger partial charge on any atom is 0.305 e. The third kappa shape index (κ3) is 6.33. The number of halogens is 1. The third-order valence-corrected chi connectivity index (χ3v) is 4.44. The highest BCUT2D eigenvalue weighted by atomic mass is 19.1. The molecule has 2 atom stereocenters. The van der Waals surface area contributed by atoms with E-state index in [-0.39, 0.29) is 18.2 Å². The fourth-order valence-electron chi connectivity index (χ4n) is 2.96. The molecule has 2 rings (SSSR count). The highest BCUT2D eigenvalue weighted by molar-refractivity contribution is 5.75. The summed E-state index contributed by atoms with van der Waals surface area (Å²) in [6, 6.07) is 5.97. The zero-order valence-corrected chi connectivity index (χ0v) is 17.6. The number of carboxylic acid groups (broad SMARTS) is 1. The van der Waals surface area contributed by atoms with Crippen LogP contribution >= 0.6 is 0 Å². The lowest BCUT2D eigenvalue weighted by Crippen LogP contribution is -2.19. The van der Waals surface area contributed by atoms with E-state index in [0.717, 1.165) is 5.69 Å². The van der Waals surface area contributed by atoms with Gasteiger partial charge in [-0.2, -0.15) is 0 Å². The lowest BCUT2D eigenvalue weighted by atomic mass is 9.97. The summed E-state index contributed by atoms with van der Waals surface area (Å²) in [5, 5.41) is 28.7. The molecule has 0 saturated heterocycles. The fourth-order valence-corrected chi connectivity index (χ4v) is 2.96. The third-order valence-electron chi connectivity index (χ3n) is 4.44. The van der Waals surface area contributed by atoms with E-state index in [4.69, 9.17) is 5.11 Å². The maximum atomic E-state index is 13.4. The highest BCUT2D eigenvalue weighted by Crippen LogP contribution is 2.31. The number of rotatable bonds is 9. The average Bonchev–Trinajstić information content (AvgIpc) is 2.65. The molecular weight excluding hydrogens is 389 g/mol. The number of hydrogen-bond acceptors (Lipinski definition) is 6. The van der Waals surface area contributed by atoms with Crippen molar-refractivity contribution in [3.63, 3.8) is 0 Å². The first-order chi connectivity index (χ1) is 14.1. The van der Waals surface area contributed by atoms with Crippen LogP contribution in [-0.2, 0) is 4.79 Å². The van der Waals surface area contributed by atoms with Gasteiger partial charge in [-0.3, -0.25) is 4.79 Å². The second-order valence-corrected chi connectivity index (χ2v) is 7.64. The van der Waals surface area contributed by atoms with Crippen molar-refractivity contribution in [3.8, 4) is 11.3 Å². The predicted octanol–water partition coefficient (Wildman–Crippen LogP) is 3.07. The van der Waals surface area contributed by atoms with Crippen LogP contribution in [0.25, 0.3) is 17.3 Å². The second-order valence-electron chi connectivity index (χ2n) is 7.64. The number of anilines is 1. The first kappa shape index (κ1) is 23.4. The predicted molar refractivity (Wildman–Crippen MR) is 114 cm³/mol.